The maximum Gasteiger partial charge on any atom is 0.363 e. The van der Waals surface area contributed by atoms with Crippen molar-refractivity contribution >= 4 is 52.0 Å². The average molecular weight is 447 g/mol. The van der Waals surface area contributed by atoms with Gasteiger partial charge >= 0.3 is 5.97 Å². The first-order valence-corrected chi connectivity index (χ1v) is 10.4. The van der Waals surface area contributed by atoms with Crippen LogP contribution in [0.3, 0.4) is 0 Å². The predicted octanol–water partition coefficient (Wildman–Crippen LogP) is 6.34. The molecule has 1 aliphatic heterocycles. The minimum atomic E-state index is -0.462. The molecule has 3 aromatic carbocycles. The van der Waals surface area contributed by atoms with Crippen LogP contribution in [0, 0.1) is 0 Å². The molecule has 6 heteroatoms. The van der Waals surface area contributed by atoms with Crippen LogP contribution in [0.2, 0.25) is 10.0 Å². The third-order valence-corrected chi connectivity index (χ3v) is 5.70. The van der Waals surface area contributed by atoms with Gasteiger partial charge in [0.15, 0.2) is 5.70 Å². The number of cyclic esters (lactones) is 1. The minimum absolute atomic E-state index is 0.270. The molecule has 1 aromatic heterocycles. The van der Waals surface area contributed by atoms with E-state index < -0.39 is 5.97 Å². The quantitative estimate of drug-likeness (QED) is 0.271. The highest BCUT2D eigenvalue weighted by atomic mass is 35.5. The normalized spacial score (nSPS) is 14.8. The smallest absolute Gasteiger partial charge is 0.363 e. The lowest BCUT2D eigenvalue weighted by Gasteiger charge is -2.08. The van der Waals surface area contributed by atoms with Crippen molar-refractivity contribution in [2.45, 2.75) is 6.54 Å². The van der Waals surface area contributed by atoms with Gasteiger partial charge in [0.05, 0.1) is 0 Å². The van der Waals surface area contributed by atoms with Crippen LogP contribution in [-0.4, -0.2) is 16.4 Å². The summed E-state index contributed by atoms with van der Waals surface area (Å²) in [4.78, 5) is 16.9. The van der Waals surface area contributed by atoms with E-state index >= 15 is 0 Å². The minimum Gasteiger partial charge on any atom is -0.402 e. The summed E-state index contributed by atoms with van der Waals surface area (Å²) < 4.78 is 7.48. The van der Waals surface area contributed by atoms with Crippen LogP contribution >= 0.6 is 23.2 Å². The van der Waals surface area contributed by atoms with E-state index in [9.17, 15) is 4.79 Å². The Morgan fingerprint density at radius 2 is 1.74 bits per heavy atom. The molecular weight excluding hydrogens is 431 g/mol. The molecule has 0 bridgehead atoms. The average Bonchev–Trinajstić information content (AvgIpc) is 3.32. The van der Waals surface area contributed by atoms with Crippen molar-refractivity contribution in [3.8, 4) is 0 Å². The van der Waals surface area contributed by atoms with Crippen LogP contribution in [-0.2, 0) is 16.1 Å². The summed E-state index contributed by atoms with van der Waals surface area (Å²) in [5.74, 6) is -0.148. The topological polar surface area (TPSA) is 43.6 Å². The molecule has 152 valence electrons. The monoisotopic (exact) mass is 446 g/mol. The van der Waals surface area contributed by atoms with Gasteiger partial charge in [0.1, 0.15) is 0 Å². The lowest BCUT2D eigenvalue weighted by molar-refractivity contribution is -0.129. The number of aromatic nitrogens is 1. The number of carbonyl (C=O) groups excluding carboxylic acids is 1. The van der Waals surface area contributed by atoms with Crippen molar-refractivity contribution in [1.29, 1.82) is 0 Å². The van der Waals surface area contributed by atoms with Crippen molar-refractivity contribution in [3.05, 3.63) is 111 Å². The molecule has 0 spiro atoms. The highest BCUT2D eigenvalue weighted by Crippen LogP contribution is 2.28. The Morgan fingerprint density at radius 3 is 2.55 bits per heavy atom. The van der Waals surface area contributed by atoms with Gasteiger partial charge in [-0.3, -0.25) is 0 Å². The zero-order chi connectivity index (χ0) is 21.4. The summed E-state index contributed by atoms with van der Waals surface area (Å²) in [7, 11) is 0. The van der Waals surface area contributed by atoms with E-state index in [1.54, 1.807) is 12.1 Å². The number of aliphatic imine (C=N–C) groups is 1. The van der Waals surface area contributed by atoms with E-state index in [0.717, 1.165) is 27.6 Å². The Bertz CT molecular complexity index is 1370. The molecule has 0 N–H and O–H groups in total. The van der Waals surface area contributed by atoms with E-state index in [0.29, 0.717) is 22.5 Å². The van der Waals surface area contributed by atoms with E-state index in [1.807, 2.05) is 72.9 Å². The van der Waals surface area contributed by atoms with Crippen LogP contribution in [0.1, 0.15) is 16.7 Å². The molecule has 4 aromatic rings. The molecule has 1 aliphatic rings. The second-order valence-corrected chi connectivity index (χ2v) is 8.01. The number of fused-ring (bicyclic) bond motifs is 1. The molecule has 0 atom stereocenters. The molecule has 0 aliphatic carbocycles. The Morgan fingerprint density at radius 1 is 0.968 bits per heavy atom. The van der Waals surface area contributed by atoms with Crippen LogP contribution < -0.4 is 0 Å². The van der Waals surface area contributed by atoms with Gasteiger partial charge in [0.2, 0.25) is 5.90 Å². The molecule has 0 unspecified atom stereocenters. The number of esters is 1. The van der Waals surface area contributed by atoms with Gasteiger partial charge < -0.3 is 9.30 Å². The summed E-state index contributed by atoms with van der Waals surface area (Å²) in [6.45, 7) is 0.572. The second kappa shape index (κ2) is 8.06. The summed E-state index contributed by atoms with van der Waals surface area (Å²) >= 11 is 12.4. The largest absolute Gasteiger partial charge is 0.402 e. The van der Waals surface area contributed by atoms with Gasteiger partial charge in [0, 0.05) is 44.8 Å². The lowest BCUT2D eigenvalue weighted by atomic mass is 10.1. The van der Waals surface area contributed by atoms with Gasteiger partial charge in [-0.2, -0.15) is 0 Å². The van der Waals surface area contributed by atoms with Gasteiger partial charge in [0.25, 0.3) is 0 Å². The number of nitrogens with zero attached hydrogens (tertiary/aromatic N) is 2. The molecule has 0 amide bonds. The molecule has 4 nitrogen and oxygen atoms in total. The van der Waals surface area contributed by atoms with Crippen molar-refractivity contribution in [2.75, 3.05) is 0 Å². The second-order valence-electron chi connectivity index (χ2n) is 7.17. The molecule has 31 heavy (non-hydrogen) atoms. The fourth-order valence-electron chi connectivity index (χ4n) is 3.62. The Balaban J connectivity index is 1.55. The van der Waals surface area contributed by atoms with Crippen molar-refractivity contribution in [3.63, 3.8) is 0 Å². The number of para-hydroxylation sites is 1. The van der Waals surface area contributed by atoms with Crippen LogP contribution in [0.5, 0.6) is 0 Å². The summed E-state index contributed by atoms with van der Waals surface area (Å²) in [6, 6.07) is 22.9. The number of hydrogen-bond donors (Lipinski definition) is 0. The first-order chi connectivity index (χ1) is 15.1. The zero-order valence-corrected chi connectivity index (χ0v) is 17.8. The lowest BCUT2D eigenvalue weighted by Crippen LogP contribution is -2.04. The van der Waals surface area contributed by atoms with Crippen LogP contribution in [0.15, 0.2) is 89.7 Å². The third-order valence-electron chi connectivity index (χ3n) is 5.11. The number of benzene rings is 3. The molecule has 2 heterocycles. The first kappa shape index (κ1) is 19.6. The summed E-state index contributed by atoms with van der Waals surface area (Å²) in [6.07, 6.45) is 3.76. The first-order valence-electron chi connectivity index (χ1n) is 9.68. The van der Waals surface area contributed by atoms with E-state index in [4.69, 9.17) is 27.9 Å². The number of halogens is 2. The standard InChI is InChI=1S/C25H16Cl2N2O2/c26-19-11-10-17(21(27)13-19)14-29-15-18(20-8-4-5-9-23(20)29)12-22-25(30)31-24(28-22)16-6-2-1-3-7-16/h1-13,15H,14H2/b22-12+. The molecule has 0 saturated heterocycles. The third kappa shape index (κ3) is 3.88. The maximum atomic E-state index is 12.4. The maximum absolute atomic E-state index is 12.4. The van der Waals surface area contributed by atoms with Gasteiger partial charge in [-0.05, 0) is 42.0 Å². The van der Waals surface area contributed by atoms with E-state index in [1.165, 1.54) is 0 Å². The van der Waals surface area contributed by atoms with Gasteiger partial charge in [-0.15, -0.1) is 0 Å². The van der Waals surface area contributed by atoms with Gasteiger partial charge in [-0.25, -0.2) is 9.79 Å². The van der Waals surface area contributed by atoms with Crippen molar-refractivity contribution < 1.29 is 9.53 Å². The highest BCUT2D eigenvalue weighted by molar-refractivity contribution is 6.35. The van der Waals surface area contributed by atoms with Gasteiger partial charge in [-0.1, -0.05) is 65.7 Å². The Kier molecular flexibility index (Phi) is 5.10. The molecule has 5 rings (SSSR count). The van der Waals surface area contributed by atoms with Crippen molar-refractivity contribution in [1.82, 2.24) is 4.57 Å². The Hall–Kier alpha value is -3.34. The van der Waals surface area contributed by atoms with Crippen molar-refractivity contribution in [2.24, 2.45) is 4.99 Å². The zero-order valence-electron chi connectivity index (χ0n) is 16.3. The fraction of sp³-hybridized carbons (Fsp3) is 0.0400. The van der Waals surface area contributed by atoms with Crippen LogP contribution in [0.25, 0.3) is 17.0 Å². The highest BCUT2D eigenvalue weighted by Gasteiger charge is 2.24. The van der Waals surface area contributed by atoms with E-state index in [-0.39, 0.29) is 5.70 Å². The summed E-state index contributed by atoms with van der Waals surface area (Å²) in [5, 5.41) is 2.22. The summed E-state index contributed by atoms with van der Waals surface area (Å²) in [5.41, 5.74) is 3.89. The molecule has 0 fully saturated rings. The predicted molar refractivity (Wildman–Crippen MR) is 125 cm³/mol. The molecule has 0 radical (unpaired) electrons. The van der Waals surface area contributed by atoms with Crippen LogP contribution in [0.4, 0.5) is 0 Å². The molecular formula is C25H16Cl2N2O2. The number of hydrogen-bond acceptors (Lipinski definition) is 3. The number of rotatable bonds is 4. The SMILES string of the molecule is O=C1OC(c2ccccc2)=N/C1=C/c1cn(Cc2ccc(Cl)cc2Cl)c2ccccc12. The Labute approximate surface area is 189 Å². The number of carbonyl (C=O) groups is 1. The fourth-order valence-corrected chi connectivity index (χ4v) is 4.08. The van der Waals surface area contributed by atoms with E-state index in [2.05, 4.69) is 9.56 Å². The number of ether oxygens (including phenoxy) is 1. The molecule has 0 saturated carbocycles.